The number of benzene rings is 1. The van der Waals surface area contributed by atoms with Gasteiger partial charge < -0.3 is 5.32 Å². The monoisotopic (exact) mass is 387 g/mol. The fraction of sp³-hybridized carbons (Fsp3) is 0.421. The van der Waals surface area contributed by atoms with Gasteiger partial charge >= 0.3 is 0 Å². The fourth-order valence-electron chi connectivity index (χ4n) is 3.86. The number of rotatable bonds is 4. The number of amides is 1. The zero-order valence-electron chi connectivity index (χ0n) is 15.1. The summed E-state index contributed by atoms with van der Waals surface area (Å²) in [5, 5.41) is 7.45. The topological polar surface area (TPSA) is 98.1 Å². The highest BCUT2D eigenvalue weighted by Gasteiger charge is 2.35. The van der Waals surface area contributed by atoms with Crippen molar-refractivity contribution in [1.82, 2.24) is 9.78 Å². The molecule has 27 heavy (non-hydrogen) atoms. The summed E-state index contributed by atoms with van der Waals surface area (Å²) >= 11 is 0. The van der Waals surface area contributed by atoms with Crippen molar-refractivity contribution in [3.8, 4) is 0 Å². The third-order valence-electron chi connectivity index (χ3n) is 5.25. The van der Waals surface area contributed by atoms with E-state index in [1.165, 1.54) is 6.92 Å². The number of hydrogen-bond donors (Lipinski definition) is 1. The van der Waals surface area contributed by atoms with E-state index in [9.17, 15) is 18.0 Å². The molecule has 1 unspecified atom stereocenters. The molecule has 0 bridgehead atoms. The van der Waals surface area contributed by atoms with E-state index in [-0.39, 0.29) is 29.2 Å². The van der Waals surface area contributed by atoms with Gasteiger partial charge in [0.1, 0.15) is 5.69 Å². The molecule has 2 aromatic rings. The van der Waals surface area contributed by atoms with Crippen LogP contribution in [0.4, 0.5) is 5.69 Å². The Morgan fingerprint density at radius 1 is 1.19 bits per heavy atom. The number of hydrogen-bond acceptors (Lipinski definition) is 5. The number of nitrogens with zero attached hydrogens (tertiary/aromatic N) is 2. The van der Waals surface area contributed by atoms with Crippen LogP contribution in [0.1, 0.15) is 57.9 Å². The number of ketones is 1. The molecule has 1 aliphatic carbocycles. The Hall–Kier alpha value is -2.48. The number of carbonyl (C=O) groups excluding carboxylic acids is 2. The van der Waals surface area contributed by atoms with Crippen molar-refractivity contribution in [2.75, 3.05) is 16.8 Å². The summed E-state index contributed by atoms with van der Waals surface area (Å²) in [6.45, 7) is 1.49. The first kappa shape index (κ1) is 17.9. The van der Waals surface area contributed by atoms with Crippen LogP contribution in [-0.4, -0.2) is 41.4 Å². The lowest BCUT2D eigenvalue weighted by molar-refractivity contribution is 0.100. The fourth-order valence-corrected chi connectivity index (χ4v) is 5.56. The summed E-state index contributed by atoms with van der Waals surface area (Å²) in [5.41, 5.74) is 3.47. The number of fused-ring (bicyclic) bond motifs is 1. The molecule has 1 aromatic carbocycles. The number of carbonyl (C=O) groups is 2. The van der Waals surface area contributed by atoms with Gasteiger partial charge in [0.15, 0.2) is 15.6 Å². The highest BCUT2D eigenvalue weighted by atomic mass is 32.2. The van der Waals surface area contributed by atoms with Crippen LogP contribution in [0.15, 0.2) is 24.3 Å². The number of sulfone groups is 1. The first-order valence-corrected chi connectivity index (χ1v) is 10.9. The van der Waals surface area contributed by atoms with Gasteiger partial charge in [-0.2, -0.15) is 5.10 Å². The van der Waals surface area contributed by atoms with Gasteiger partial charge in [0, 0.05) is 16.8 Å². The maximum absolute atomic E-state index is 13.0. The van der Waals surface area contributed by atoms with Gasteiger partial charge in [0.25, 0.3) is 5.91 Å². The van der Waals surface area contributed by atoms with Crippen molar-refractivity contribution in [2.45, 2.75) is 38.6 Å². The highest BCUT2D eigenvalue weighted by molar-refractivity contribution is 7.91. The predicted octanol–water partition coefficient (Wildman–Crippen LogP) is 2.19. The van der Waals surface area contributed by atoms with E-state index in [0.717, 1.165) is 30.5 Å². The average Bonchev–Trinajstić information content (AvgIpc) is 3.28. The Balaban J connectivity index is 1.64. The molecule has 0 saturated carbocycles. The minimum atomic E-state index is -3.07. The quantitative estimate of drug-likeness (QED) is 0.811. The minimum Gasteiger partial charge on any atom is -0.321 e. The average molecular weight is 387 g/mol. The molecule has 2 heterocycles. The lowest BCUT2D eigenvalue weighted by Crippen LogP contribution is -2.23. The maximum Gasteiger partial charge on any atom is 0.274 e. The van der Waals surface area contributed by atoms with E-state index in [0.29, 0.717) is 23.4 Å². The summed E-state index contributed by atoms with van der Waals surface area (Å²) < 4.78 is 25.4. The minimum absolute atomic E-state index is 0.0289. The second kappa shape index (κ2) is 6.60. The van der Waals surface area contributed by atoms with Crippen molar-refractivity contribution in [3.05, 3.63) is 46.8 Å². The van der Waals surface area contributed by atoms with Gasteiger partial charge in [-0.05, 0) is 56.9 Å². The molecule has 0 radical (unpaired) electrons. The number of anilines is 1. The molecule has 1 amide bonds. The number of Topliss-reactive ketones (excluding diaryl/α,β-unsaturated/α-hetero) is 1. The molecule has 1 aromatic heterocycles. The third-order valence-corrected chi connectivity index (χ3v) is 7.00. The smallest absolute Gasteiger partial charge is 0.274 e. The molecular formula is C19H21N3O4S. The van der Waals surface area contributed by atoms with Crippen LogP contribution in [0.25, 0.3) is 0 Å². The van der Waals surface area contributed by atoms with Gasteiger partial charge in [-0.25, -0.2) is 8.42 Å². The third kappa shape index (κ3) is 3.41. The molecule has 0 spiro atoms. The second-order valence-electron chi connectivity index (χ2n) is 7.22. The Kier molecular flexibility index (Phi) is 4.38. The standard InChI is InChI=1S/C19H21N3O4S/c1-12(23)13-5-7-14(8-6-13)20-19(24)18-16-3-2-4-17(16)21-22(18)15-9-10-27(25,26)11-15/h5-8,15H,2-4,9-11H2,1H3,(H,20,24). The summed E-state index contributed by atoms with van der Waals surface area (Å²) in [4.78, 5) is 24.4. The van der Waals surface area contributed by atoms with Gasteiger partial charge in [-0.3, -0.25) is 14.3 Å². The molecule has 1 aliphatic heterocycles. The van der Waals surface area contributed by atoms with Crippen molar-refractivity contribution in [2.24, 2.45) is 0 Å². The molecule has 2 aliphatic rings. The van der Waals surface area contributed by atoms with E-state index in [4.69, 9.17) is 0 Å². The largest absolute Gasteiger partial charge is 0.321 e. The van der Waals surface area contributed by atoms with Crippen LogP contribution in [0.3, 0.4) is 0 Å². The second-order valence-corrected chi connectivity index (χ2v) is 9.45. The number of aromatic nitrogens is 2. The van der Waals surface area contributed by atoms with Crippen molar-refractivity contribution in [3.63, 3.8) is 0 Å². The van der Waals surface area contributed by atoms with Crippen LogP contribution < -0.4 is 5.32 Å². The number of nitrogens with one attached hydrogen (secondary N) is 1. The zero-order chi connectivity index (χ0) is 19.2. The van der Waals surface area contributed by atoms with Crippen LogP contribution in [-0.2, 0) is 22.7 Å². The zero-order valence-corrected chi connectivity index (χ0v) is 15.9. The van der Waals surface area contributed by atoms with Crippen LogP contribution in [0.2, 0.25) is 0 Å². The van der Waals surface area contributed by atoms with Crippen LogP contribution in [0, 0.1) is 0 Å². The van der Waals surface area contributed by atoms with Gasteiger partial charge in [-0.15, -0.1) is 0 Å². The summed E-state index contributed by atoms with van der Waals surface area (Å²) in [6.07, 6.45) is 3.03. The van der Waals surface area contributed by atoms with Gasteiger partial charge in [0.2, 0.25) is 0 Å². The molecule has 1 atom stereocenters. The Morgan fingerprint density at radius 2 is 1.93 bits per heavy atom. The van der Waals surface area contributed by atoms with E-state index in [2.05, 4.69) is 10.4 Å². The molecular weight excluding hydrogens is 366 g/mol. The van der Waals surface area contributed by atoms with Crippen molar-refractivity contribution in [1.29, 1.82) is 0 Å². The highest BCUT2D eigenvalue weighted by Crippen LogP contribution is 2.31. The van der Waals surface area contributed by atoms with E-state index < -0.39 is 9.84 Å². The Bertz CT molecular complexity index is 1020. The normalized spacial score (nSPS) is 20.4. The molecule has 142 valence electrons. The Morgan fingerprint density at radius 3 is 2.56 bits per heavy atom. The lowest BCUT2D eigenvalue weighted by Gasteiger charge is -2.15. The van der Waals surface area contributed by atoms with Crippen LogP contribution in [0.5, 0.6) is 0 Å². The summed E-state index contributed by atoms with van der Waals surface area (Å²) in [6, 6.07) is 6.43. The van der Waals surface area contributed by atoms with Gasteiger partial charge in [-0.1, -0.05) is 0 Å². The molecule has 4 rings (SSSR count). The predicted molar refractivity (Wildman–Crippen MR) is 101 cm³/mol. The van der Waals surface area contributed by atoms with E-state index >= 15 is 0 Å². The summed E-state index contributed by atoms with van der Waals surface area (Å²) in [7, 11) is -3.07. The molecule has 8 heteroatoms. The number of aryl methyl sites for hydroxylation is 1. The molecule has 1 saturated heterocycles. The molecule has 7 nitrogen and oxygen atoms in total. The van der Waals surface area contributed by atoms with Crippen molar-refractivity contribution >= 4 is 27.2 Å². The Labute approximate surface area is 157 Å². The maximum atomic E-state index is 13.0. The van der Waals surface area contributed by atoms with Crippen molar-refractivity contribution < 1.29 is 18.0 Å². The summed E-state index contributed by atoms with van der Waals surface area (Å²) in [5.74, 6) is -0.159. The van der Waals surface area contributed by atoms with E-state index in [1.54, 1.807) is 28.9 Å². The lowest BCUT2D eigenvalue weighted by atomic mass is 10.1. The SMILES string of the molecule is CC(=O)c1ccc(NC(=O)c2c3c(nn2C2CCS(=O)(=O)C2)CCC3)cc1. The van der Waals surface area contributed by atoms with Crippen LogP contribution >= 0.6 is 0 Å². The van der Waals surface area contributed by atoms with Gasteiger partial charge in [0.05, 0.1) is 23.2 Å². The first-order valence-electron chi connectivity index (χ1n) is 9.07. The first-order chi connectivity index (χ1) is 12.8. The molecule has 1 N–H and O–H groups in total. The van der Waals surface area contributed by atoms with E-state index in [1.807, 2.05) is 0 Å². The molecule has 1 fully saturated rings.